The van der Waals surface area contributed by atoms with E-state index in [0.717, 1.165) is 11.3 Å². The van der Waals surface area contributed by atoms with Crippen LogP contribution in [0.2, 0.25) is 0 Å². The number of thiophene rings is 1. The van der Waals surface area contributed by atoms with E-state index < -0.39 is 17.9 Å². The Labute approximate surface area is 88.9 Å². The number of ketones is 1. The van der Waals surface area contributed by atoms with Crippen molar-refractivity contribution in [1.82, 2.24) is 0 Å². The summed E-state index contributed by atoms with van der Waals surface area (Å²) in [5.74, 6) is -2.55. The zero-order valence-electron chi connectivity index (χ0n) is 7.80. The van der Waals surface area contributed by atoms with E-state index in [4.69, 9.17) is 0 Å². The lowest BCUT2D eigenvalue weighted by Gasteiger charge is -2.22. The van der Waals surface area contributed by atoms with Crippen molar-refractivity contribution < 1.29 is 18.0 Å². The number of hydrogen-bond donors (Lipinski definition) is 0. The maximum atomic E-state index is 12.3. The van der Waals surface area contributed by atoms with Gasteiger partial charge in [0, 0.05) is 4.88 Å². The Morgan fingerprint density at radius 1 is 1.47 bits per heavy atom. The number of hydrogen-bond acceptors (Lipinski definition) is 2. The molecular weight excluding hydrogens is 225 g/mol. The van der Waals surface area contributed by atoms with Crippen LogP contribution in [0.3, 0.4) is 0 Å². The Hall–Kier alpha value is -0.840. The molecule has 0 saturated carbocycles. The van der Waals surface area contributed by atoms with Crippen LogP contribution in [0.5, 0.6) is 0 Å². The van der Waals surface area contributed by atoms with Gasteiger partial charge in [0.1, 0.15) is 0 Å². The number of fused-ring (bicyclic) bond motifs is 1. The van der Waals surface area contributed by atoms with Crippen molar-refractivity contribution in [2.75, 3.05) is 0 Å². The number of alkyl halides is 3. The van der Waals surface area contributed by atoms with E-state index in [0.29, 0.717) is 18.4 Å². The van der Waals surface area contributed by atoms with Gasteiger partial charge in [-0.1, -0.05) is 0 Å². The van der Waals surface area contributed by atoms with Gasteiger partial charge in [0.2, 0.25) is 5.78 Å². The second-order valence-electron chi connectivity index (χ2n) is 3.61. The topological polar surface area (TPSA) is 17.1 Å². The van der Waals surface area contributed by atoms with Gasteiger partial charge in [0.25, 0.3) is 0 Å². The first-order chi connectivity index (χ1) is 7.00. The van der Waals surface area contributed by atoms with Crippen molar-refractivity contribution in [3.63, 3.8) is 0 Å². The Balaban J connectivity index is 2.31. The van der Waals surface area contributed by atoms with E-state index >= 15 is 0 Å². The normalized spacial score (nSPS) is 21.1. The third kappa shape index (κ3) is 1.93. The highest BCUT2D eigenvalue weighted by molar-refractivity contribution is 7.10. The van der Waals surface area contributed by atoms with Gasteiger partial charge in [0.05, 0.1) is 5.92 Å². The highest BCUT2D eigenvalue weighted by atomic mass is 32.1. The summed E-state index contributed by atoms with van der Waals surface area (Å²) >= 11 is 1.44. The molecule has 82 valence electrons. The van der Waals surface area contributed by atoms with Crippen LogP contribution in [0.1, 0.15) is 29.2 Å². The van der Waals surface area contributed by atoms with Crippen LogP contribution in [0.15, 0.2) is 11.4 Å². The van der Waals surface area contributed by atoms with E-state index in [1.807, 2.05) is 0 Å². The average Bonchev–Trinajstić information content (AvgIpc) is 2.62. The van der Waals surface area contributed by atoms with Gasteiger partial charge in [-0.15, -0.1) is 11.3 Å². The Kier molecular flexibility index (Phi) is 2.58. The molecule has 0 radical (unpaired) electrons. The summed E-state index contributed by atoms with van der Waals surface area (Å²) in [6.45, 7) is 0. The summed E-state index contributed by atoms with van der Waals surface area (Å²) in [5, 5.41) is 1.76. The first kappa shape index (κ1) is 10.7. The predicted octanol–water partition coefficient (Wildman–Crippen LogP) is 3.30. The van der Waals surface area contributed by atoms with E-state index in [1.54, 1.807) is 11.4 Å². The first-order valence-electron chi connectivity index (χ1n) is 4.67. The molecule has 0 N–H and O–H groups in total. The minimum absolute atomic E-state index is 0.322. The van der Waals surface area contributed by atoms with Crippen LogP contribution in [-0.4, -0.2) is 12.0 Å². The standard InChI is InChI=1S/C10H9F3OS/c11-10(12,13)9(14)7-2-1-3-8-6(7)4-5-15-8/h4-5,7H,1-3H2. The number of rotatable bonds is 1. The molecular formula is C10H9F3OS. The monoisotopic (exact) mass is 234 g/mol. The van der Waals surface area contributed by atoms with Gasteiger partial charge in [-0.3, -0.25) is 4.79 Å². The van der Waals surface area contributed by atoms with E-state index in [1.165, 1.54) is 11.3 Å². The first-order valence-corrected chi connectivity index (χ1v) is 5.55. The lowest BCUT2D eigenvalue weighted by molar-refractivity contribution is -0.173. The number of carbonyl (C=O) groups is 1. The lowest BCUT2D eigenvalue weighted by atomic mass is 9.84. The molecule has 1 aliphatic carbocycles. The molecule has 1 heterocycles. The molecule has 0 spiro atoms. The molecule has 1 unspecified atom stereocenters. The maximum absolute atomic E-state index is 12.3. The fraction of sp³-hybridized carbons (Fsp3) is 0.500. The summed E-state index contributed by atoms with van der Waals surface area (Å²) < 4.78 is 36.9. The molecule has 1 aromatic heterocycles. The zero-order chi connectivity index (χ0) is 11.1. The number of carbonyl (C=O) groups excluding carboxylic acids is 1. The molecule has 15 heavy (non-hydrogen) atoms. The number of aryl methyl sites for hydroxylation is 1. The van der Waals surface area contributed by atoms with E-state index in [-0.39, 0.29) is 0 Å². The van der Waals surface area contributed by atoms with Gasteiger partial charge in [-0.05, 0) is 36.3 Å². The van der Waals surface area contributed by atoms with Crippen molar-refractivity contribution >= 4 is 17.1 Å². The smallest absolute Gasteiger partial charge is 0.289 e. The van der Waals surface area contributed by atoms with Crippen LogP contribution >= 0.6 is 11.3 Å². The van der Waals surface area contributed by atoms with Crippen molar-refractivity contribution in [3.8, 4) is 0 Å². The third-order valence-corrected chi connectivity index (χ3v) is 3.64. The second-order valence-corrected chi connectivity index (χ2v) is 4.61. The van der Waals surface area contributed by atoms with Gasteiger partial charge in [-0.25, -0.2) is 0 Å². The van der Waals surface area contributed by atoms with Crippen LogP contribution in [0.25, 0.3) is 0 Å². The summed E-state index contributed by atoms with van der Waals surface area (Å²) in [6, 6.07) is 1.65. The number of Topliss-reactive ketones (excluding diaryl/α,β-unsaturated/α-hetero) is 1. The summed E-state index contributed by atoms with van der Waals surface area (Å²) in [4.78, 5) is 12.1. The van der Waals surface area contributed by atoms with Crippen LogP contribution in [0, 0.1) is 0 Å². The van der Waals surface area contributed by atoms with E-state index in [9.17, 15) is 18.0 Å². The highest BCUT2D eigenvalue weighted by Gasteiger charge is 2.44. The van der Waals surface area contributed by atoms with Crippen molar-refractivity contribution in [2.24, 2.45) is 0 Å². The summed E-state index contributed by atoms with van der Waals surface area (Å²) in [5.41, 5.74) is 0.591. The summed E-state index contributed by atoms with van der Waals surface area (Å²) in [7, 11) is 0. The molecule has 0 aliphatic heterocycles. The molecule has 0 fully saturated rings. The molecule has 5 heteroatoms. The molecule has 2 rings (SSSR count). The van der Waals surface area contributed by atoms with Gasteiger partial charge >= 0.3 is 6.18 Å². The molecule has 0 saturated heterocycles. The van der Waals surface area contributed by atoms with Crippen LogP contribution in [0.4, 0.5) is 13.2 Å². The van der Waals surface area contributed by atoms with Gasteiger partial charge in [-0.2, -0.15) is 13.2 Å². The minimum Gasteiger partial charge on any atom is -0.289 e. The van der Waals surface area contributed by atoms with Gasteiger partial charge < -0.3 is 0 Å². The maximum Gasteiger partial charge on any atom is 0.450 e. The Morgan fingerprint density at radius 3 is 2.87 bits per heavy atom. The predicted molar refractivity (Wildman–Crippen MR) is 51.1 cm³/mol. The molecule has 1 aliphatic rings. The lowest BCUT2D eigenvalue weighted by Crippen LogP contribution is -2.30. The van der Waals surface area contributed by atoms with E-state index in [2.05, 4.69) is 0 Å². The average molecular weight is 234 g/mol. The minimum atomic E-state index is -4.71. The van der Waals surface area contributed by atoms with Crippen molar-refractivity contribution in [1.29, 1.82) is 0 Å². The fourth-order valence-corrected chi connectivity index (χ4v) is 2.94. The summed E-state index contributed by atoms with van der Waals surface area (Å²) in [6.07, 6.45) is -2.92. The third-order valence-electron chi connectivity index (χ3n) is 2.65. The van der Waals surface area contributed by atoms with Crippen LogP contribution < -0.4 is 0 Å². The molecule has 0 aromatic carbocycles. The molecule has 1 atom stereocenters. The molecule has 1 aromatic rings. The van der Waals surface area contributed by atoms with Crippen molar-refractivity contribution in [2.45, 2.75) is 31.4 Å². The SMILES string of the molecule is O=C(C1CCCc2sccc21)C(F)(F)F. The Morgan fingerprint density at radius 2 is 2.20 bits per heavy atom. The van der Waals surface area contributed by atoms with Crippen LogP contribution in [-0.2, 0) is 11.2 Å². The van der Waals surface area contributed by atoms with Crippen molar-refractivity contribution in [3.05, 3.63) is 21.9 Å². The van der Waals surface area contributed by atoms with Gasteiger partial charge in [0.15, 0.2) is 0 Å². The Bertz CT molecular complexity index is 380. The highest BCUT2D eigenvalue weighted by Crippen LogP contribution is 2.38. The zero-order valence-corrected chi connectivity index (χ0v) is 8.62. The molecule has 0 bridgehead atoms. The second kappa shape index (κ2) is 3.63. The molecule has 0 amide bonds. The quantitative estimate of drug-likeness (QED) is 0.728. The fourth-order valence-electron chi connectivity index (χ4n) is 1.96. The largest absolute Gasteiger partial charge is 0.450 e. The molecule has 1 nitrogen and oxygen atoms in total. The number of halogens is 3.